The van der Waals surface area contributed by atoms with Gasteiger partial charge in [-0.2, -0.15) is 0 Å². The summed E-state index contributed by atoms with van der Waals surface area (Å²) in [7, 11) is 1.42. The molecule has 3 rings (SSSR count). The highest BCUT2D eigenvalue weighted by Crippen LogP contribution is 2.27. The molecule has 2 N–H and O–H groups in total. The van der Waals surface area contributed by atoms with Crippen molar-refractivity contribution in [1.29, 1.82) is 0 Å². The molecule has 1 aromatic carbocycles. The Hall–Kier alpha value is -3.13. The van der Waals surface area contributed by atoms with Gasteiger partial charge in [-0.3, -0.25) is 9.78 Å². The first-order valence-corrected chi connectivity index (χ1v) is 7.45. The molecule has 25 heavy (non-hydrogen) atoms. The van der Waals surface area contributed by atoms with Gasteiger partial charge in [-0.15, -0.1) is 0 Å². The van der Waals surface area contributed by atoms with Crippen molar-refractivity contribution in [3.63, 3.8) is 0 Å². The Bertz CT molecular complexity index is 970. The number of nitrogens with one attached hydrogen (secondary N) is 1. The number of rotatable bonds is 5. The molecule has 1 amide bonds. The van der Waals surface area contributed by atoms with Crippen LogP contribution in [0.4, 0.5) is 0 Å². The number of benzene rings is 1. The lowest BCUT2D eigenvalue weighted by atomic mass is 10.1. The first kappa shape index (κ1) is 16.7. The standard InChI is InChI=1S/C16H12ClN3O5/c1-24-13-7-18-6-12(20-13)15(21)19-5-10-3-8-2-9(17)4-11(16(22)23)14(8)25-10/h2-4,6-7H,5H2,1H3,(H,19,21)(H,22,23). The molecule has 128 valence electrons. The minimum Gasteiger partial charge on any atom is -0.480 e. The van der Waals surface area contributed by atoms with Crippen LogP contribution in [-0.2, 0) is 6.54 Å². The van der Waals surface area contributed by atoms with E-state index in [4.69, 9.17) is 20.8 Å². The molecule has 0 saturated heterocycles. The van der Waals surface area contributed by atoms with Crippen LogP contribution in [0, 0.1) is 0 Å². The van der Waals surface area contributed by atoms with Crippen molar-refractivity contribution in [3.05, 3.63) is 52.6 Å². The number of nitrogens with zero attached hydrogens (tertiary/aromatic N) is 2. The Balaban J connectivity index is 1.80. The van der Waals surface area contributed by atoms with Crippen LogP contribution in [0.1, 0.15) is 26.6 Å². The van der Waals surface area contributed by atoms with Crippen LogP contribution >= 0.6 is 11.6 Å². The zero-order chi connectivity index (χ0) is 18.0. The molecule has 0 aliphatic heterocycles. The number of carbonyl (C=O) groups excluding carboxylic acids is 1. The number of ether oxygens (including phenoxy) is 1. The highest BCUT2D eigenvalue weighted by Gasteiger charge is 2.16. The molecule has 2 aromatic heterocycles. The van der Waals surface area contributed by atoms with Crippen molar-refractivity contribution >= 4 is 34.4 Å². The largest absolute Gasteiger partial charge is 0.480 e. The minimum atomic E-state index is -1.15. The fourth-order valence-electron chi connectivity index (χ4n) is 2.23. The lowest BCUT2D eigenvalue weighted by Crippen LogP contribution is -2.23. The van der Waals surface area contributed by atoms with E-state index in [0.29, 0.717) is 11.1 Å². The van der Waals surface area contributed by atoms with Crippen molar-refractivity contribution in [2.24, 2.45) is 0 Å². The molecule has 0 bridgehead atoms. The number of amides is 1. The summed E-state index contributed by atoms with van der Waals surface area (Å²) >= 11 is 5.91. The van der Waals surface area contributed by atoms with E-state index >= 15 is 0 Å². The third-order valence-electron chi connectivity index (χ3n) is 3.34. The normalized spacial score (nSPS) is 10.6. The van der Waals surface area contributed by atoms with Gasteiger partial charge in [-0.1, -0.05) is 11.6 Å². The molecule has 0 atom stereocenters. The Morgan fingerprint density at radius 3 is 2.84 bits per heavy atom. The highest BCUT2D eigenvalue weighted by molar-refractivity contribution is 6.32. The van der Waals surface area contributed by atoms with E-state index < -0.39 is 11.9 Å². The topological polar surface area (TPSA) is 115 Å². The van der Waals surface area contributed by atoms with Crippen LogP contribution in [-0.4, -0.2) is 34.1 Å². The predicted octanol–water partition coefficient (Wildman–Crippen LogP) is 2.51. The smallest absolute Gasteiger partial charge is 0.339 e. The van der Waals surface area contributed by atoms with Gasteiger partial charge in [0.2, 0.25) is 5.88 Å². The molecule has 2 heterocycles. The van der Waals surface area contributed by atoms with E-state index in [-0.39, 0.29) is 34.3 Å². The monoisotopic (exact) mass is 361 g/mol. The van der Waals surface area contributed by atoms with Crippen molar-refractivity contribution in [2.45, 2.75) is 6.54 Å². The van der Waals surface area contributed by atoms with Gasteiger partial charge in [0.15, 0.2) is 0 Å². The summed E-state index contributed by atoms with van der Waals surface area (Å²) in [4.78, 5) is 31.2. The third kappa shape index (κ3) is 3.53. The van der Waals surface area contributed by atoms with Gasteiger partial charge in [0.05, 0.1) is 26.0 Å². The zero-order valence-electron chi connectivity index (χ0n) is 12.9. The summed E-state index contributed by atoms with van der Waals surface area (Å²) in [5.74, 6) is -1.02. The molecule has 0 aliphatic carbocycles. The van der Waals surface area contributed by atoms with E-state index in [1.807, 2.05) is 0 Å². The van der Waals surface area contributed by atoms with Crippen LogP contribution in [0.15, 0.2) is 35.0 Å². The Morgan fingerprint density at radius 1 is 1.32 bits per heavy atom. The van der Waals surface area contributed by atoms with Crippen LogP contribution in [0.5, 0.6) is 5.88 Å². The van der Waals surface area contributed by atoms with Crippen molar-refractivity contribution in [2.75, 3.05) is 7.11 Å². The van der Waals surface area contributed by atoms with Crippen LogP contribution in [0.25, 0.3) is 11.0 Å². The molecule has 0 saturated carbocycles. The number of halogens is 1. The van der Waals surface area contributed by atoms with Gasteiger partial charge in [0, 0.05) is 10.4 Å². The quantitative estimate of drug-likeness (QED) is 0.717. The fourth-order valence-corrected chi connectivity index (χ4v) is 2.46. The van der Waals surface area contributed by atoms with E-state index in [2.05, 4.69) is 15.3 Å². The van der Waals surface area contributed by atoms with Crippen LogP contribution < -0.4 is 10.1 Å². The highest BCUT2D eigenvalue weighted by atomic mass is 35.5. The molecule has 0 spiro atoms. The maximum Gasteiger partial charge on any atom is 0.339 e. The van der Waals surface area contributed by atoms with Gasteiger partial charge in [0.1, 0.15) is 22.6 Å². The first-order valence-electron chi connectivity index (χ1n) is 7.07. The summed E-state index contributed by atoms with van der Waals surface area (Å²) < 4.78 is 10.4. The van der Waals surface area contributed by atoms with Crippen molar-refractivity contribution in [3.8, 4) is 5.88 Å². The van der Waals surface area contributed by atoms with Gasteiger partial charge >= 0.3 is 5.97 Å². The summed E-state index contributed by atoms with van der Waals surface area (Å²) in [6, 6.07) is 4.51. The van der Waals surface area contributed by atoms with Gasteiger partial charge in [-0.05, 0) is 18.2 Å². The summed E-state index contributed by atoms with van der Waals surface area (Å²) in [5, 5.41) is 12.7. The number of hydrogen-bond donors (Lipinski definition) is 2. The Kier molecular flexibility index (Phi) is 4.53. The molecular formula is C16H12ClN3O5. The second kappa shape index (κ2) is 6.78. The van der Waals surface area contributed by atoms with Crippen molar-refractivity contribution < 1.29 is 23.8 Å². The summed E-state index contributed by atoms with van der Waals surface area (Å²) in [5.41, 5.74) is 0.241. The lowest BCUT2D eigenvalue weighted by molar-refractivity contribution is 0.0697. The van der Waals surface area contributed by atoms with E-state index in [1.54, 1.807) is 12.1 Å². The predicted molar refractivity (Wildman–Crippen MR) is 87.9 cm³/mol. The zero-order valence-corrected chi connectivity index (χ0v) is 13.7. The summed E-state index contributed by atoms with van der Waals surface area (Å²) in [6.45, 7) is 0.0447. The number of aromatic carboxylic acids is 1. The third-order valence-corrected chi connectivity index (χ3v) is 3.56. The van der Waals surface area contributed by atoms with Crippen LogP contribution in [0.3, 0.4) is 0 Å². The Morgan fingerprint density at radius 2 is 2.12 bits per heavy atom. The van der Waals surface area contributed by atoms with Gasteiger partial charge < -0.3 is 19.6 Å². The van der Waals surface area contributed by atoms with Crippen molar-refractivity contribution in [1.82, 2.24) is 15.3 Å². The summed E-state index contributed by atoms with van der Waals surface area (Å²) in [6.07, 6.45) is 2.69. The maximum atomic E-state index is 12.1. The number of fused-ring (bicyclic) bond motifs is 1. The number of carboxylic acids is 1. The number of methoxy groups -OCH3 is 1. The molecule has 3 aromatic rings. The average molecular weight is 362 g/mol. The Labute approximate surface area is 146 Å². The van der Waals surface area contributed by atoms with Crippen LogP contribution in [0.2, 0.25) is 5.02 Å². The number of carbonyl (C=O) groups is 2. The second-order valence-corrected chi connectivity index (χ2v) is 5.46. The second-order valence-electron chi connectivity index (χ2n) is 5.02. The van der Waals surface area contributed by atoms with Gasteiger partial charge in [0.25, 0.3) is 5.91 Å². The van der Waals surface area contributed by atoms with E-state index in [9.17, 15) is 14.7 Å². The molecular weight excluding hydrogens is 350 g/mol. The minimum absolute atomic E-state index is 0.0428. The fraction of sp³-hybridized carbons (Fsp3) is 0.125. The molecule has 0 radical (unpaired) electrons. The van der Waals surface area contributed by atoms with Gasteiger partial charge in [-0.25, -0.2) is 9.78 Å². The molecule has 9 heteroatoms. The average Bonchev–Trinajstić information content (AvgIpc) is 3.01. The van der Waals surface area contributed by atoms with E-state index in [1.165, 1.54) is 25.6 Å². The molecule has 0 fully saturated rings. The lowest BCUT2D eigenvalue weighted by Gasteiger charge is -2.03. The first-order chi connectivity index (χ1) is 12.0. The molecule has 8 nitrogen and oxygen atoms in total. The molecule has 0 unspecified atom stereocenters. The molecule has 0 aliphatic rings. The maximum absolute atomic E-state index is 12.1. The number of aromatic nitrogens is 2. The SMILES string of the molecule is COc1cncc(C(=O)NCc2cc3cc(Cl)cc(C(=O)O)c3o2)n1. The number of carboxylic acid groups (broad SMARTS) is 1. The number of hydrogen-bond acceptors (Lipinski definition) is 6. The number of furan rings is 1. The van der Waals surface area contributed by atoms with E-state index in [0.717, 1.165) is 0 Å².